The van der Waals surface area contributed by atoms with Gasteiger partial charge in [-0.15, -0.1) is 0 Å². The standard InChI is InChI=1S/C15H19NO3/c1-11-7-13(9-17)8-12(2)15(11)19-10-14(18)16-5-3-4-6-16/h7-9H,3-6,10H2,1-2H3. The summed E-state index contributed by atoms with van der Waals surface area (Å²) >= 11 is 0. The average Bonchev–Trinajstić information content (AvgIpc) is 2.91. The predicted octanol–water partition coefficient (Wildman–Crippen LogP) is 2.12. The van der Waals surface area contributed by atoms with E-state index in [1.54, 1.807) is 12.1 Å². The highest BCUT2D eigenvalue weighted by atomic mass is 16.5. The Hall–Kier alpha value is -1.84. The molecule has 0 aliphatic carbocycles. The Balaban J connectivity index is 2.03. The minimum atomic E-state index is 0.0377. The first-order valence-corrected chi connectivity index (χ1v) is 6.59. The lowest BCUT2D eigenvalue weighted by atomic mass is 10.1. The monoisotopic (exact) mass is 261 g/mol. The van der Waals surface area contributed by atoms with E-state index in [1.807, 2.05) is 18.7 Å². The normalized spacial score (nSPS) is 14.5. The van der Waals surface area contributed by atoms with E-state index in [2.05, 4.69) is 0 Å². The molecule has 1 fully saturated rings. The SMILES string of the molecule is Cc1cc(C=O)cc(C)c1OCC(=O)N1CCCC1. The van der Waals surface area contributed by atoms with Gasteiger partial charge in [0.05, 0.1) is 0 Å². The van der Waals surface area contributed by atoms with Gasteiger partial charge in [0.15, 0.2) is 6.61 Å². The molecule has 1 aliphatic heterocycles. The first kappa shape index (κ1) is 13.6. The van der Waals surface area contributed by atoms with Crippen molar-refractivity contribution in [3.05, 3.63) is 28.8 Å². The second-order valence-corrected chi connectivity index (χ2v) is 4.98. The van der Waals surface area contributed by atoms with Gasteiger partial charge >= 0.3 is 0 Å². The van der Waals surface area contributed by atoms with Gasteiger partial charge in [-0.05, 0) is 49.9 Å². The lowest BCUT2D eigenvalue weighted by Crippen LogP contribution is -2.32. The van der Waals surface area contributed by atoms with E-state index < -0.39 is 0 Å². The van der Waals surface area contributed by atoms with E-state index in [-0.39, 0.29) is 12.5 Å². The molecule has 1 amide bonds. The molecule has 1 aromatic rings. The third-order valence-corrected chi connectivity index (χ3v) is 3.42. The van der Waals surface area contributed by atoms with Gasteiger partial charge in [-0.25, -0.2) is 0 Å². The van der Waals surface area contributed by atoms with Crippen molar-refractivity contribution in [2.24, 2.45) is 0 Å². The number of hydrogen-bond acceptors (Lipinski definition) is 3. The molecule has 0 bridgehead atoms. The molecule has 2 rings (SSSR count). The van der Waals surface area contributed by atoms with Crippen molar-refractivity contribution in [2.75, 3.05) is 19.7 Å². The third kappa shape index (κ3) is 3.13. The Morgan fingerprint density at radius 2 is 1.84 bits per heavy atom. The molecule has 1 saturated heterocycles. The van der Waals surface area contributed by atoms with Gasteiger partial charge in [-0.3, -0.25) is 9.59 Å². The summed E-state index contributed by atoms with van der Waals surface area (Å²) in [7, 11) is 0. The molecule has 4 heteroatoms. The number of ether oxygens (including phenoxy) is 1. The van der Waals surface area contributed by atoms with Crippen molar-refractivity contribution < 1.29 is 14.3 Å². The number of aryl methyl sites for hydroxylation is 2. The van der Waals surface area contributed by atoms with Gasteiger partial charge in [0.25, 0.3) is 5.91 Å². The second-order valence-electron chi connectivity index (χ2n) is 4.98. The van der Waals surface area contributed by atoms with E-state index >= 15 is 0 Å². The Bertz CT molecular complexity index is 467. The van der Waals surface area contributed by atoms with Crippen LogP contribution in [0.4, 0.5) is 0 Å². The molecule has 1 aromatic carbocycles. The average molecular weight is 261 g/mol. The van der Waals surface area contributed by atoms with E-state index in [9.17, 15) is 9.59 Å². The van der Waals surface area contributed by atoms with E-state index in [0.29, 0.717) is 11.3 Å². The number of amides is 1. The lowest BCUT2D eigenvalue weighted by molar-refractivity contribution is -0.132. The molecule has 0 radical (unpaired) electrons. The van der Waals surface area contributed by atoms with Gasteiger partial charge in [0, 0.05) is 18.7 Å². The topological polar surface area (TPSA) is 46.6 Å². The van der Waals surface area contributed by atoms with Crippen LogP contribution in [-0.4, -0.2) is 36.8 Å². The molecule has 0 atom stereocenters. The van der Waals surface area contributed by atoms with Crippen LogP contribution in [0.1, 0.15) is 34.3 Å². The summed E-state index contributed by atoms with van der Waals surface area (Å²) in [5, 5.41) is 0. The highest BCUT2D eigenvalue weighted by Crippen LogP contribution is 2.24. The first-order valence-electron chi connectivity index (χ1n) is 6.59. The maximum atomic E-state index is 11.9. The Kier molecular flexibility index (Phi) is 4.20. The van der Waals surface area contributed by atoms with E-state index in [0.717, 1.165) is 43.3 Å². The number of rotatable bonds is 4. The van der Waals surface area contributed by atoms with Crippen molar-refractivity contribution >= 4 is 12.2 Å². The van der Waals surface area contributed by atoms with Crippen LogP contribution in [-0.2, 0) is 4.79 Å². The molecule has 4 nitrogen and oxygen atoms in total. The van der Waals surface area contributed by atoms with Crippen molar-refractivity contribution in [3.63, 3.8) is 0 Å². The summed E-state index contributed by atoms with van der Waals surface area (Å²) in [6.45, 7) is 5.52. The zero-order valence-electron chi connectivity index (χ0n) is 11.4. The summed E-state index contributed by atoms with van der Waals surface area (Å²) in [5.41, 5.74) is 2.40. The fourth-order valence-electron chi connectivity index (χ4n) is 2.47. The van der Waals surface area contributed by atoms with Crippen LogP contribution >= 0.6 is 0 Å². The molecule has 0 N–H and O–H groups in total. The third-order valence-electron chi connectivity index (χ3n) is 3.42. The van der Waals surface area contributed by atoms with Crippen LogP contribution in [0.25, 0.3) is 0 Å². The molecule has 19 heavy (non-hydrogen) atoms. The zero-order chi connectivity index (χ0) is 13.8. The van der Waals surface area contributed by atoms with Crippen LogP contribution < -0.4 is 4.74 Å². The number of nitrogens with zero attached hydrogens (tertiary/aromatic N) is 1. The van der Waals surface area contributed by atoms with Gasteiger partial charge in [-0.2, -0.15) is 0 Å². The molecular weight excluding hydrogens is 242 g/mol. The fourth-order valence-corrected chi connectivity index (χ4v) is 2.47. The fraction of sp³-hybridized carbons (Fsp3) is 0.467. The molecular formula is C15H19NO3. The lowest BCUT2D eigenvalue weighted by Gasteiger charge is -2.17. The minimum Gasteiger partial charge on any atom is -0.483 e. The van der Waals surface area contributed by atoms with Crippen molar-refractivity contribution in [2.45, 2.75) is 26.7 Å². The molecule has 0 aromatic heterocycles. The Morgan fingerprint density at radius 1 is 1.26 bits per heavy atom. The second kappa shape index (κ2) is 5.87. The summed E-state index contributed by atoms with van der Waals surface area (Å²) in [6.07, 6.45) is 2.98. The number of aldehydes is 1. The smallest absolute Gasteiger partial charge is 0.260 e. The molecule has 0 spiro atoms. The van der Waals surface area contributed by atoms with E-state index in [4.69, 9.17) is 4.74 Å². The van der Waals surface area contributed by atoms with E-state index in [1.165, 1.54) is 0 Å². The number of benzene rings is 1. The van der Waals surface area contributed by atoms with Crippen LogP contribution in [0.3, 0.4) is 0 Å². The van der Waals surface area contributed by atoms with Crippen molar-refractivity contribution in [1.82, 2.24) is 4.90 Å². The molecule has 0 saturated carbocycles. The highest BCUT2D eigenvalue weighted by molar-refractivity contribution is 5.78. The Morgan fingerprint density at radius 3 is 2.37 bits per heavy atom. The molecule has 0 unspecified atom stereocenters. The van der Waals surface area contributed by atoms with Gasteiger partial charge in [0.2, 0.25) is 0 Å². The maximum Gasteiger partial charge on any atom is 0.260 e. The summed E-state index contributed by atoms with van der Waals surface area (Å²) in [6, 6.07) is 3.55. The quantitative estimate of drug-likeness (QED) is 0.780. The summed E-state index contributed by atoms with van der Waals surface area (Å²) in [5.74, 6) is 0.744. The van der Waals surface area contributed by atoms with Gasteiger partial charge < -0.3 is 9.64 Å². The predicted molar refractivity (Wildman–Crippen MR) is 72.6 cm³/mol. The maximum absolute atomic E-state index is 11.9. The molecule has 1 aliphatic rings. The minimum absolute atomic E-state index is 0.0377. The molecule has 1 heterocycles. The zero-order valence-corrected chi connectivity index (χ0v) is 11.4. The number of carbonyl (C=O) groups is 2. The van der Waals surface area contributed by atoms with Crippen LogP contribution in [0.15, 0.2) is 12.1 Å². The molecule has 102 valence electrons. The summed E-state index contributed by atoms with van der Waals surface area (Å²) in [4.78, 5) is 24.5. The van der Waals surface area contributed by atoms with Crippen molar-refractivity contribution in [1.29, 1.82) is 0 Å². The van der Waals surface area contributed by atoms with Crippen LogP contribution in [0.5, 0.6) is 5.75 Å². The van der Waals surface area contributed by atoms with Gasteiger partial charge in [-0.1, -0.05) is 0 Å². The summed E-state index contributed by atoms with van der Waals surface area (Å²) < 4.78 is 5.63. The first-order chi connectivity index (χ1) is 9.11. The van der Waals surface area contributed by atoms with Crippen LogP contribution in [0, 0.1) is 13.8 Å². The highest BCUT2D eigenvalue weighted by Gasteiger charge is 2.18. The van der Waals surface area contributed by atoms with Crippen molar-refractivity contribution in [3.8, 4) is 5.75 Å². The number of likely N-dealkylation sites (tertiary alicyclic amines) is 1. The Labute approximate surface area is 113 Å². The largest absolute Gasteiger partial charge is 0.483 e. The van der Waals surface area contributed by atoms with Gasteiger partial charge in [0.1, 0.15) is 12.0 Å². The number of carbonyl (C=O) groups excluding carboxylic acids is 2. The van der Waals surface area contributed by atoms with Crippen LogP contribution in [0.2, 0.25) is 0 Å². The number of hydrogen-bond donors (Lipinski definition) is 0.